The van der Waals surface area contributed by atoms with E-state index in [9.17, 15) is 9.59 Å². The molecule has 1 saturated heterocycles. The van der Waals surface area contributed by atoms with Crippen molar-refractivity contribution in [2.75, 3.05) is 26.8 Å². The molecule has 0 aliphatic carbocycles. The molecule has 0 spiro atoms. The number of alkyl carbamates (subject to hydrolysis) is 1. The van der Waals surface area contributed by atoms with Crippen molar-refractivity contribution in [2.24, 2.45) is 5.92 Å². The van der Waals surface area contributed by atoms with Gasteiger partial charge in [0, 0.05) is 13.1 Å². The molecule has 0 bridgehead atoms. The standard InChI is InChI=1S/C12H22N2O4/c1-4-9-6-10(13-11(15)17-3)8-14(7-9)12(16)18-5-2/h9-10H,4-8H2,1-3H3,(H,13,15). The molecular formula is C12H22N2O4. The molecule has 1 N–H and O–H groups in total. The largest absolute Gasteiger partial charge is 0.453 e. The molecule has 2 unspecified atom stereocenters. The molecule has 18 heavy (non-hydrogen) atoms. The van der Waals surface area contributed by atoms with Crippen molar-refractivity contribution < 1.29 is 19.1 Å². The Morgan fingerprint density at radius 2 is 2.06 bits per heavy atom. The summed E-state index contributed by atoms with van der Waals surface area (Å²) in [7, 11) is 1.33. The number of nitrogens with zero attached hydrogens (tertiary/aromatic N) is 1. The Morgan fingerprint density at radius 3 is 2.61 bits per heavy atom. The van der Waals surface area contributed by atoms with Crippen molar-refractivity contribution in [2.45, 2.75) is 32.7 Å². The second-order valence-corrected chi connectivity index (χ2v) is 4.45. The number of carbonyl (C=O) groups excluding carboxylic acids is 2. The minimum Gasteiger partial charge on any atom is -0.453 e. The third-order valence-electron chi connectivity index (χ3n) is 3.15. The van der Waals surface area contributed by atoms with Crippen molar-refractivity contribution >= 4 is 12.2 Å². The maximum Gasteiger partial charge on any atom is 0.409 e. The highest BCUT2D eigenvalue weighted by molar-refractivity contribution is 5.69. The molecule has 104 valence electrons. The lowest BCUT2D eigenvalue weighted by atomic mass is 9.92. The van der Waals surface area contributed by atoms with E-state index in [-0.39, 0.29) is 12.1 Å². The summed E-state index contributed by atoms with van der Waals surface area (Å²) in [6, 6.07) is -0.0689. The summed E-state index contributed by atoms with van der Waals surface area (Å²) in [5.74, 6) is 0.380. The molecule has 0 radical (unpaired) electrons. The molecule has 6 heteroatoms. The molecular weight excluding hydrogens is 236 g/mol. The molecule has 1 aliphatic rings. The highest BCUT2D eigenvalue weighted by Crippen LogP contribution is 2.20. The summed E-state index contributed by atoms with van der Waals surface area (Å²) in [5.41, 5.74) is 0. The molecule has 1 rings (SSSR count). The molecule has 1 aliphatic heterocycles. The fourth-order valence-electron chi connectivity index (χ4n) is 2.19. The number of hydrogen-bond acceptors (Lipinski definition) is 4. The fraction of sp³-hybridized carbons (Fsp3) is 0.833. The highest BCUT2D eigenvalue weighted by atomic mass is 16.6. The minimum absolute atomic E-state index is 0.0689. The van der Waals surface area contributed by atoms with Crippen molar-refractivity contribution in [3.05, 3.63) is 0 Å². The summed E-state index contributed by atoms with van der Waals surface area (Å²) in [5, 5.41) is 2.75. The van der Waals surface area contributed by atoms with Crippen LogP contribution >= 0.6 is 0 Å². The number of rotatable bonds is 3. The van der Waals surface area contributed by atoms with E-state index >= 15 is 0 Å². The smallest absolute Gasteiger partial charge is 0.409 e. The van der Waals surface area contributed by atoms with Crippen LogP contribution in [0.25, 0.3) is 0 Å². The Hall–Kier alpha value is -1.46. The van der Waals surface area contributed by atoms with Gasteiger partial charge in [-0.3, -0.25) is 0 Å². The lowest BCUT2D eigenvalue weighted by Crippen LogP contribution is -2.52. The first-order valence-electron chi connectivity index (χ1n) is 6.36. The maximum absolute atomic E-state index is 11.7. The number of nitrogens with one attached hydrogen (secondary N) is 1. The molecule has 0 aromatic rings. The van der Waals surface area contributed by atoms with Gasteiger partial charge in [-0.05, 0) is 19.3 Å². The highest BCUT2D eigenvalue weighted by Gasteiger charge is 2.30. The predicted octanol–water partition coefficient (Wildman–Crippen LogP) is 1.60. The summed E-state index contributed by atoms with van der Waals surface area (Å²) < 4.78 is 9.58. The number of ether oxygens (including phenoxy) is 2. The van der Waals surface area contributed by atoms with Gasteiger partial charge in [0.1, 0.15) is 0 Å². The molecule has 0 aromatic carbocycles. The molecule has 2 atom stereocenters. The monoisotopic (exact) mass is 258 g/mol. The van der Waals surface area contributed by atoms with E-state index in [1.807, 2.05) is 0 Å². The Bertz CT molecular complexity index is 296. The Balaban J connectivity index is 2.59. The lowest BCUT2D eigenvalue weighted by Gasteiger charge is -2.36. The molecule has 1 heterocycles. The van der Waals surface area contributed by atoms with Gasteiger partial charge in [0.15, 0.2) is 0 Å². The zero-order chi connectivity index (χ0) is 13.5. The number of methoxy groups -OCH3 is 1. The van der Waals surface area contributed by atoms with E-state index in [0.717, 1.165) is 12.8 Å². The number of hydrogen-bond donors (Lipinski definition) is 1. The Labute approximate surface area is 108 Å². The quantitative estimate of drug-likeness (QED) is 0.835. The van der Waals surface area contributed by atoms with E-state index < -0.39 is 6.09 Å². The third kappa shape index (κ3) is 4.09. The van der Waals surface area contributed by atoms with E-state index in [1.165, 1.54) is 7.11 Å². The van der Waals surface area contributed by atoms with Gasteiger partial charge >= 0.3 is 12.2 Å². The van der Waals surface area contributed by atoms with Crippen LogP contribution in [0.3, 0.4) is 0 Å². The van der Waals surface area contributed by atoms with Gasteiger partial charge < -0.3 is 19.7 Å². The van der Waals surface area contributed by atoms with E-state index in [0.29, 0.717) is 25.6 Å². The first-order valence-corrected chi connectivity index (χ1v) is 6.36. The summed E-state index contributed by atoms with van der Waals surface area (Å²) >= 11 is 0. The van der Waals surface area contributed by atoms with Crippen LogP contribution < -0.4 is 5.32 Å². The van der Waals surface area contributed by atoms with Crippen molar-refractivity contribution in [3.63, 3.8) is 0 Å². The first-order chi connectivity index (χ1) is 8.60. The summed E-state index contributed by atoms with van der Waals surface area (Å²) in [6.45, 7) is 5.39. The fourth-order valence-corrected chi connectivity index (χ4v) is 2.19. The second-order valence-electron chi connectivity index (χ2n) is 4.45. The number of carbonyl (C=O) groups is 2. The summed E-state index contributed by atoms with van der Waals surface area (Å²) in [4.78, 5) is 24.6. The van der Waals surface area contributed by atoms with E-state index in [1.54, 1.807) is 11.8 Å². The first kappa shape index (κ1) is 14.6. The van der Waals surface area contributed by atoms with Gasteiger partial charge in [-0.2, -0.15) is 0 Å². The van der Waals surface area contributed by atoms with Gasteiger partial charge in [-0.1, -0.05) is 13.3 Å². The average molecular weight is 258 g/mol. The van der Waals surface area contributed by atoms with Crippen LogP contribution in [0.4, 0.5) is 9.59 Å². The Kier molecular flexibility index (Phi) is 5.74. The van der Waals surface area contributed by atoms with Crippen molar-refractivity contribution in [3.8, 4) is 0 Å². The van der Waals surface area contributed by atoms with Crippen LogP contribution in [0.2, 0.25) is 0 Å². The van der Waals surface area contributed by atoms with Gasteiger partial charge in [0.05, 0.1) is 19.8 Å². The van der Waals surface area contributed by atoms with Crippen molar-refractivity contribution in [1.29, 1.82) is 0 Å². The number of amides is 2. The predicted molar refractivity (Wildman–Crippen MR) is 66.3 cm³/mol. The van der Waals surface area contributed by atoms with E-state index in [4.69, 9.17) is 4.74 Å². The van der Waals surface area contributed by atoms with Crippen LogP contribution in [0, 0.1) is 5.92 Å². The van der Waals surface area contributed by atoms with E-state index in [2.05, 4.69) is 17.0 Å². The molecule has 6 nitrogen and oxygen atoms in total. The molecule has 2 amide bonds. The normalized spacial score (nSPS) is 23.4. The summed E-state index contributed by atoms with van der Waals surface area (Å²) in [6.07, 6.45) is 1.06. The molecule has 0 aromatic heterocycles. The average Bonchev–Trinajstić information content (AvgIpc) is 2.38. The van der Waals surface area contributed by atoms with Gasteiger partial charge in [-0.15, -0.1) is 0 Å². The van der Waals surface area contributed by atoms with Crippen LogP contribution in [0.1, 0.15) is 26.7 Å². The number of likely N-dealkylation sites (tertiary alicyclic amines) is 1. The van der Waals surface area contributed by atoms with Crippen LogP contribution in [0.15, 0.2) is 0 Å². The van der Waals surface area contributed by atoms with Crippen LogP contribution in [0.5, 0.6) is 0 Å². The van der Waals surface area contributed by atoms with Gasteiger partial charge in [0.2, 0.25) is 0 Å². The lowest BCUT2D eigenvalue weighted by molar-refractivity contribution is 0.0764. The zero-order valence-corrected chi connectivity index (χ0v) is 11.3. The molecule has 0 saturated carbocycles. The SMILES string of the molecule is CCOC(=O)N1CC(CC)CC(NC(=O)OC)C1. The maximum atomic E-state index is 11.7. The van der Waals surface area contributed by atoms with Gasteiger partial charge in [0.25, 0.3) is 0 Å². The second kappa shape index (κ2) is 7.08. The van der Waals surface area contributed by atoms with Gasteiger partial charge in [-0.25, -0.2) is 9.59 Å². The topological polar surface area (TPSA) is 67.9 Å². The van der Waals surface area contributed by atoms with Crippen LogP contribution in [-0.4, -0.2) is 49.9 Å². The third-order valence-corrected chi connectivity index (χ3v) is 3.15. The zero-order valence-electron chi connectivity index (χ0n) is 11.3. The molecule has 1 fully saturated rings. The Morgan fingerprint density at radius 1 is 1.33 bits per heavy atom. The number of piperidine rings is 1. The van der Waals surface area contributed by atoms with Crippen LogP contribution in [-0.2, 0) is 9.47 Å². The van der Waals surface area contributed by atoms with Crippen molar-refractivity contribution in [1.82, 2.24) is 10.2 Å². The minimum atomic E-state index is -0.458.